The minimum atomic E-state index is -3.83. The number of hydrogen-bond acceptors (Lipinski definition) is 4. The Labute approximate surface area is 129 Å². The summed E-state index contributed by atoms with van der Waals surface area (Å²) in [4.78, 5) is 10.1. The van der Waals surface area contributed by atoms with E-state index in [-0.39, 0.29) is 16.5 Å². The fraction of sp³-hybridized carbons (Fsp3) is 0.385. The average molecular weight is 333 g/mol. The maximum atomic E-state index is 12.6. The van der Waals surface area contributed by atoms with E-state index in [1.54, 1.807) is 6.92 Å². The summed E-state index contributed by atoms with van der Waals surface area (Å²) in [6.45, 7) is 7.40. The Kier molecular flexibility index (Phi) is 5.88. The lowest BCUT2D eigenvalue weighted by Gasteiger charge is -2.21. The molecular weight excluding hydrogens is 316 g/mol. The van der Waals surface area contributed by atoms with Crippen molar-refractivity contribution in [3.63, 3.8) is 0 Å². The molecule has 0 fully saturated rings. The highest BCUT2D eigenvalue weighted by Gasteiger charge is 2.28. The second kappa shape index (κ2) is 7.02. The maximum Gasteiger partial charge on any atom is 0.289 e. The van der Waals surface area contributed by atoms with Gasteiger partial charge in [0, 0.05) is 19.2 Å². The Morgan fingerprint density at radius 3 is 2.57 bits per heavy atom. The fourth-order valence-electron chi connectivity index (χ4n) is 1.90. The summed E-state index contributed by atoms with van der Waals surface area (Å²) in [6.07, 6.45) is 2.11. The number of rotatable bonds is 7. The van der Waals surface area contributed by atoms with Crippen LogP contribution in [0, 0.1) is 17.0 Å². The fourth-order valence-corrected chi connectivity index (χ4v) is 3.92. The normalized spacial score (nSPS) is 11.6. The molecule has 0 amide bonds. The molecule has 116 valence electrons. The van der Waals surface area contributed by atoms with E-state index in [1.807, 2.05) is 6.92 Å². The Bertz CT molecular complexity index is 658. The van der Waals surface area contributed by atoms with Crippen molar-refractivity contribution in [3.05, 3.63) is 45.5 Å². The monoisotopic (exact) mass is 332 g/mol. The van der Waals surface area contributed by atoms with Crippen LogP contribution in [0.3, 0.4) is 0 Å². The number of nitro groups is 1. The first kappa shape index (κ1) is 17.6. The van der Waals surface area contributed by atoms with E-state index in [9.17, 15) is 18.5 Å². The number of benzene rings is 1. The molecule has 1 aromatic carbocycles. The van der Waals surface area contributed by atoms with Gasteiger partial charge in [-0.05, 0) is 25.0 Å². The van der Waals surface area contributed by atoms with Crippen LogP contribution in [-0.4, -0.2) is 30.7 Å². The number of halogens is 1. The lowest BCUT2D eigenvalue weighted by molar-refractivity contribution is -0.384. The summed E-state index contributed by atoms with van der Waals surface area (Å²) < 4.78 is 26.5. The zero-order chi connectivity index (χ0) is 16.2. The van der Waals surface area contributed by atoms with Crippen LogP contribution in [0.2, 0.25) is 5.02 Å². The summed E-state index contributed by atoms with van der Waals surface area (Å²) in [5.74, 6) is 0. The predicted molar refractivity (Wildman–Crippen MR) is 82.1 cm³/mol. The molecule has 0 N–H and O–H groups in total. The second-order valence-electron chi connectivity index (χ2n) is 4.48. The smallest absolute Gasteiger partial charge is 0.258 e. The standard InChI is InChI=1S/C13H17ClN2O4S/c1-4-6-15(7-5-2)21(19,20)13-9-12(16(17)18)11(14)8-10(13)3/h4,8-9H,1,5-7H2,2-3H3. The van der Waals surface area contributed by atoms with Gasteiger partial charge in [0.2, 0.25) is 10.0 Å². The molecule has 0 aliphatic carbocycles. The van der Waals surface area contributed by atoms with E-state index in [2.05, 4.69) is 6.58 Å². The Balaban J connectivity index is 3.45. The van der Waals surface area contributed by atoms with Crippen molar-refractivity contribution in [2.75, 3.05) is 13.1 Å². The van der Waals surface area contributed by atoms with Crippen LogP contribution in [0.25, 0.3) is 0 Å². The van der Waals surface area contributed by atoms with Crippen LogP contribution < -0.4 is 0 Å². The van der Waals surface area contributed by atoms with Gasteiger partial charge in [-0.15, -0.1) is 6.58 Å². The van der Waals surface area contributed by atoms with Gasteiger partial charge in [0.05, 0.1) is 9.82 Å². The molecule has 0 saturated heterocycles. The highest BCUT2D eigenvalue weighted by atomic mass is 35.5. The minimum Gasteiger partial charge on any atom is -0.258 e. The molecule has 0 spiro atoms. The summed E-state index contributed by atoms with van der Waals surface area (Å²) in [5.41, 5.74) is -0.0494. The third-order valence-corrected chi connectivity index (χ3v) is 5.17. The van der Waals surface area contributed by atoms with Gasteiger partial charge in [0.15, 0.2) is 0 Å². The number of hydrogen-bond donors (Lipinski definition) is 0. The van der Waals surface area contributed by atoms with Gasteiger partial charge in [-0.1, -0.05) is 24.6 Å². The quantitative estimate of drug-likeness (QED) is 0.436. The van der Waals surface area contributed by atoms with E-state index in [0.717, 1.165) is 6.07 Å². The van der Waals surface area contributed by atoms with Crippen LogP contribution >= 0.6 is 11.6 Å². The number of sulfonamides is 1. The molecule has 0 aliphatic rings. The first-order valence-corrected chi connectivity index (χ1v) is 8.13. The van der Waals surface area contributed by atoms with E-state index >= 15 is 0 Å². The molecule has 0 aliphatic heterocycles. The van der Waals surface area contributed by atoms with Crippen molar-refractivity contribution in [1.29, 1.82) is 0 Å². The van der Waals surface area contributed by atoms with Gasteiger partial charge >= 0.3 is 0 Å². The van der Waals surface area contributed by atoms with Crippen molar-refractivity contribution in [2.45, 2.75) is 25.2 Å². The molecule has 0 bridgehead atoms. The molecule has 0 atom stereocenters. The Morgan fingerprint density at radius 1 is 1.48 bits per heavy atom. The molecule has 0 heterocycles. The summed E-state index contributed by atoms with van der Waals surface area (Å²) in [5, 5.41) is 10.8. The van der Waals surface area contributed by atoms with Gasteiger partial charge in [-0.25, -0.2) is 8.42 Å². The highest BCUT2D eigenvalue weighted by molar-refractivity contribution is 7.89. The van der Waals surface area contributed by atoms with Crippen molar-refractivity contribution < 1.29 is 13.3 Å². The Hall–Kier alpha value is -1.44. The van der Waals surface area contributed by atoms with Gasteiger partial charge in [-0.3, -0.25) is 10.1 Å². The molecule has 8 heteroatoms. The second-order valence-corrected chi connectivity index (χ2v) is 6.79. The average Bonchev–Trinajstić information content (AvgIpc) is 2.37. The van der Waals surface area contributed by atoms with E-state index in [1.165, 1.54) is 16.4 Å². The van der Waals surface area contributed by atoms with E-state index < -0.39 is 20.6 Å². The Morgan fingerprint density at radius 2 is 2.10 bits per heavy atom. The molecule has 6 nitrogen and oxygen atoms in total. The predicted octanol–water partition coefficient (Wildman–Crippen LogP) is 3.14. The third-order valence-electron chi connectivity index (χ3n) is 2.86. The molecule has 21 heavy (non-hydrogen) atoms. The van der Waals surface area contributed by atoms with Crippen LogP contribution in [0.5, 0.6) is 0 Å². The largest absolute Gasteiger partial charge is 0.289 e. The van der Waals surface area contributed by atoms with E-state index in [4.69, 9.17) is 11.6 Å². The third kappa shape index (κ3) is 3.81. The van der Waals surface area contributed by atoms with Gasteiger partial charge in [-0.2, -0.15) is 4.31 Å². The van der Waals surface area contributed by atoms with Crippen LogP contribution in [0.15, 0.2) is 29.7 Å². The zero-order valence-electron chi connectivity index (χ0n) is 11.9. The van der Waals surface area contributed by atoms with Crippen molar-refractivity contribution in [3.8, 4) is 0 Å². The van der Waals surface area contributed by atoms with Crippen molar-refractivity contribution in [1.82, 2.24) is 4.31 Å². The molecule has 0 saturated carbocycles. The SMILES string of the molecule is C=CCN(CCC)S(=O)(=O)c1cc([N+](=O)[O-])c(Cl)cc1C. The number of nitrogens with zero attached hydrogens (tertiary/aromatic N) is 2. The molecule has 0 aromatic heterocycles. The van der Waals surface area contributed by atoms with Crippen molar-refractivity contribution in [2.24, 2.45) is 0 Å². The van der Waals surface area contributed by atoms with Crippen LogP contribution in [0.1, 0.15) is 18.9 Å². The van der Waals surface area contributed by atoms with Gasteiger partial charge in [0.25, 0.3) is 5.69 Å². The highest BCUT2D eigenvalue weighted by Crippen LogP contribution is 2.31. The van der Waals surface area contributed by atoms with E-state index in [0.29, 0.717) is 18.5 Å². The number of nitro benzene ring substituents is 1. The topological polar surface area (TPSA) is 80.5 Å². The maximum absolute atomic E-state index is 12.6. The molecule has 1 rings (SSSR count). The van der Waals surface area contributed by atoms with Gasteiger partial charge in [0.1, 0.15) is 5.02 Å². The molecule has 0 unspecified atom stereocenters. The molecule has 1 aromatic rings. The molecular formula is C13H17ClN2O4S. The lowest BCUT2D eigenvalue weighted by Crippen LogP contribution is -2.32. The molecule has 0 radical (unpaired) electrons. The van der Waals surface area contributed by atoms with Crippen LogP contribution in [-0.2, 0) is 10.0 Å². The lowest BCUT2D eigenvalue weighted by atomic mass is 10.2. The summed E-state index contributed by atoms with van der Waals surface area (Å²) >= 11 is 5.78. The van der Waals surface area contributed by atoms with Crippen LogP contribution in [0.4, 0.5) is 5.69 Å². The summed E-state index contributed by atoms with van der Waals surface area (Å²) in [7, 11) is -3.83. The minimum absolute atomic E-state index is 0.0813. The number of aryl methyl sites for hydroxylation is 1. The van der Waals surface area contributed by atoms with Gasteiger partial charge < -0.3 is 0 Å². The zero-order valence-corrected chi connectivity index (χ0v) is 13.4. The summed E-state index contributed by atoms with van der Waals surface area (Å²) in [6, 6.07) is 2.31. The van der Waals surface area contributed by atoms with Crippen molar-refractivity contribution >= 4 is 27.3 Å². The first-order chi connectivity index (χ1) is 9.75. The first-order valence-electron chi connectivity index (χ1n) is 6.31.